The maximum Gasteiger partial charge on any atom is 0.237 e. The van der Waals surface area contributed by atoms with Crippen molar-refractivity contribution in [1.82, 2.24) is 20.2 Å². The molecule has 0 spiro atoms. The van der Waals surface area contributed by atoms with Gasteiger partial charge in [-0.1, -0.05) is 13.8 Å². The van der Waals surface area contributed by atoms with Gasteiger partial charge in [-0.25, -0.2) is 4.98 Å². The zero-order valence-corrected chi connectivity index (χ0v) is 12.4. The third kappa shape index (κ3) is 3.80. The molecular formula is C14H24N4O2. The second-order valence-electron chi connectivity index (χ2n) is 5.66. The van der Waals surface area contributed by atoms with Gasteiger partial charge in [0.2, 0.25) is 5.91 Å². The molecule has 6 nitrogen and oxygen atoms in total. The lowest BCUT2D eigenvalue weighted by Gasteiger charge is -2.13. The first-order valence-electron chi connectivity index (χ1n) is 7.14. The van der Waals surface area contributed by atoms with Crippen LogP contribution in [0, 0.1) is 5.92 Å². The van der Waals surface area contributed by atoms with Gasteiger partial charge in [0.25, 0.3) is 0 Å². The van der Waals surface area contributed by atoms with Crippen molar-refractivity contribution < 1.29 is 9.53 Å². The van der Waals surface area contributed by atoms with Crippen LogP contribution >= 0.6 is 0 Å². The van der Waals surface area contributed by atoms with E-state index in [1.165, 1.54) is 0 Å². The van der Waals surface area contributed by atoms with Crippen molar-refractivity contribution in [1.29, 1.82) is 0 Å². The number of methoxy groups -OCH3 is 1. The number of imidazole rings is 1. The number of ether oxygens (including phenoxy) is 1. The molecule has 6 heteroatoms. The van der Waals surface area contributed by atoms with E-state index in [2.05, 4.69) is 34.0 Å². The highest BCUT2D eigenvalue weighted by Gasteiger charge is 2.29. The molecule has 2 heterocycles. The van der Waals surface area contributed by atoms with E-state index in [-0.39, 0.29) is 18.1 Å². The van der Waals surface area contributed by atoms with Gasteiger partial charge in [-0.3, -0.25) is 4.79 Å². The Morgan fingerprint density at radius 3 is 3.10 bits per heavy atom. The molecule has 1 aromatic heterocycles. The molecule has 1 aromatic rings. The van der Waals surface area contributed by atoms with Crippen LogP contribution < -0.4 is 10.6 Å². The molecule has 2 rings (SSSR count). The topological polar surface area (TPSA) is 68.2 Å². The van der Waals surface area contributed by atoms with E-state index in [0.29, 0.717) is 12.5 Å². The summed E-state index contributed by atoms with van der Waals surface area (Å²) < 4.78 is 7.33. The number of nitrogens with zero attached hydrogens (tertiary/aromatic N) is 2. The molecule has 0 unspecified atom stereocenters. The Balaban J connectivity index is 1.83. The Morgan fingerprint density at radius 2 is 2.45 bits per heavy atom. The van der Waals surface area contributed by atoms with Crippen LogP contribution in [0.2, 0.25) is 0 Å². The predicted octanol–water partition coefficient (Wildman–Crippen LogP) is 0.532. The predicted molar refractivity (Wildman–Crippen MR) is 76.1 cm³/mol. The van der Waals surface area contributed by atoms with Gasteiger partial charge in [-0.2, -0.15) is 0 Å². The Labute approximate surface area is 119 Å². The zero-order chi connectivity index (χ0) is 14.5. The number of amides is 1. The summed E-state index contributed by atoms with van der Waals surface area (Å²) in [5.41, 5.74) is 0. The van der Waals surface area contributed by atoms with Crippen LogP contribution in [-0.2, 0) is 22.6 Å². The molecule has 1 fully saturated rings. The van der Waals surface area contributed by atoms with Crippen LogP contribution in [0.4, 0.5) is 0 Å². The summed E-state index contributed by atoms with van der Waals surface area (Å²) in [6.07, 6.45) is 4.59. The largest absolute Gasteiger partial charge is 0.380 e. The number of aromatic nitrogens is 2. The molecule has 1 saturated heterocycles. The molecule has 0 bridgehead atoms. The molecule has 2 atom stereocenters. The van der Waals surface area contributed by atoms with E-state index in [4.69, 9.17) is 4.74 Å². The first kappa shape index (κ1) is 15.0. The van der Waals surface area contributed by atoms with Crippen molar-refractivity contribution in [3.8, 4) is 0 Å². The van der Waals surface area contributed by atoms with Gasteiger partial charge >= 0.3 is 0 Å². The lowest BCUT2D eigenvalue weighted by Crippen LogP contribution is -2.40. The maximum atomic E-state index is 12.1. The lowest BCUT2D eigenvalue weighted by atomic mass is 10.2. The molecule has 20 heavy (non-hydrogen) atoms. The van der Waals surface area contributed by atoms with Crippen LogP contribution in [0.15, 0.2) is 12.4 Å². The molecule has 1 aliphatic heterocycles. The Kier molecular flexibility index (Phi) is 5.14. The molecule has 1 aliphatic rings. The highest BCUT2D eigenvalue weighted by Crippen LogP contribution is 2.10. The molecule has 112 valence electrons. The van der Waals surface area contributed by atoms with E-state index >= 15 is 0 Å². The van der Waals surface area contributed by atoms with E-state index in [1.807, 2.05) is 6.20 Å². The summed E-state index contributed by atoms with van der Waals surface area (Å²) in [5, 5.41) is 6.12. The number of hydrogen-bond acceptors (Lipinski definition) is 4. The third-order valence-corrected chi connectivity index (χ3v) is 3.52. The molecule has 0 saturated carbocycles. The maximum absolute atomic E-state index is 12.1. The molecule has 0 aromatic carbocycles. The second kappa shape index (κ2) is 6.85. The van der Waals surface area contributed by atoms with Gasteiger partial charge in [-0.05, 0) is 12.3 Å². The third-order valence-electron chi connectivity index (χ3n) is 3.52. The quantitative estimate of drug-likeness (QED) is 0.798. The van der Waals surface area contributed by atoms with Gasteiger partial charge in [0.15, 0.2) is 0 Å². The number of carbonyl (C=O) groups excluding carboxylic acids is 1. The van der Waals surface area contributed by atoms with Gasteiger partial charge in [0, 0.05) is 32.6 Å². The van der Waals surface area contributed by atoms with Gasteiger partial charge < -0.3 is 19.9 Å². The minimum Gasteiger partial charge on any atom is -0.380 e. The molecular weight excluding hydrogens is 256 g/mol. The number of nitrogens with one attached hydrogen (secondary N) is 2. The number of hydrogen-bond donors (Lipinski definition) is 2. The molecule has 0 radical (unpaired) electrons. The smallest absolute Gasteiger partial charge is 0.237 e. The van der Waals surface area contributed by atoms with Crippen molar-refractivity contribution in [3.63, 3.8) is 0 Å². The Bertz CT molecular complexity index is 444. The average molecular weight is 280 g/mol. The standard InChI is InChI=1S/C14H24N4O2/c1-10(2)9-18-5-4-15-13(18)8-17-14(19)12-6-11(20-3)7-16-12/h4-5,10-12,16H,6-9H2,1-3H3,(H,17,19)/t11-,12-/m0/s1. The fourth-order valence-corrected chi connectivity index (χ4v) is 2.44. The SMILES string of the molecule is CO[C@@H]1CN[C@H](C(=O)NCc2nccn2CC(C)C)C1. The highest BCUT2D eigenvalue weighted by molar-refractivity contribution is 5.82. The summed E-state index contributed by atoms with van der Waals surface area (Å²) >= 11 is 0. The van der Waals surface area contributed by atoms with Crippen molar-refractivity contribution in [2.45, 2.75) is 45.5 Å². The number of rotatable bonds is 6. The van der Waals surface area contributed by atoms with Gasteiger partial charge in [0.05, 0.1) is 18.7 Å². The van der Waals surface area contributed by atoms with E-state index in [9.17, 15) is 4.79 Å². The molecule has 1 amide bonds. The summed E-state index contributed by atoms with van der Waals surface area (Å²) in [4.78, 5) is 16.4. The van der Waals surface area contributed by atoms with Crippen LogP contribution in [-0.4, -0.2) is 41.3 Å². The highest BCUT2D eigenvalue weighted by atomic mass is 16.5. The fourth-order valence-electron chi connectivity index (χ4n) is 2.44. The van der Waals surface area contributed by atoms with Crippen molar-refractivity contribution in [2.75, 3.05) is 13.7 Å². The van der Waals surface area contributed by atoms with E-state index in [1.54, 1.807) is 13.3 Å². The summed E-state index contributed by atoms with van der Waals surface area (Å²) in [7, 11) is 1.68. The first-order valence-corrected chi connectivity index (χ1v) is 7.14. The van der Waals surface area contributed by atoms with Crippen LogP contribution in [0.25, 0.3) is 0 Å². The zero-order valence-electron chi connectivity index (χ0n) is 12.4. The summed E-state index contributed by atoms with van der Waals surface area (Å²) in [6.45, 7) is 6.44. The second-order valence-corrected chi connectivity index (χ2v) is 5.66. The molecule has 0 aliphatic carbocycles. The monoisotopic (exact) mass is 280 g/mol. The van der Waals surface area contributed by atoms with Crippen molar-refractivity contribution in [2.24, 2.45) is 5.92 Å². The average Bonchev–Trinajstić information content (AvgIpc) is 3.04. The normalized spacial score (nSPS) is 22.4. The fraction of sp³-hybridized carbons (Fsp3) is 0.714. The summed E-state index contributed by atoms with van der Waals surface area (Å²) in [6, 6.07) is -0.159. The number of carbonyl (C=O) groups is 1. The Hall–Kier alpha value is -1.40. The Morgan fingerprint density at radius 1 is 1.65 bits per heavy atom. The van der Waals surface area contributed by atoms with E-state index < -0.39 is 0 Å². The molecule has 2 N–H and O–H groups in total. The van der Waals surface area contributed by atoms with Gasteiger partial charge in [0.1, 0.15) is 5.82 Å². The van der Waals surface area contributed by atoms with Crippen molar-refractivity contribution >= 4 is 5.91 Å². The minimum atomic E-state index is -0.159. The van der Waals surface area contributed by atoms with Crippen LogP contribution in [0.3, 0.4) is 0 Å². The van der Waals surface area contributed by atoms with Crippen LogP contribution in [0.1, 0.15) is 26.1 Å². The summed E-state index contributed by atoms with van der Waals surface area (Å²) in [5.74, 6) is 1.47. The van der Waals surface area contributed by atoms with Gasteiger partial charge in [-0.15, -0.1) is 0 Å². The van der Waals surface area contributed by atoms with E-state index in [0.717, 1.165) is 25.3 Å². The van der Waals surface area contributed by atoms with Crippen LogP contribution in [0.5, 0.6) is 0 Å². The minimum absolute atomic E-state index is 0.0173. The first-order chi connectivity index (χ1) is 9.60. The van der Waals surface area contributed by atoms with Crippen molar-refractivity contribution in [3.05, 3.63) is 18.2 Å². The lowest BCUT2D eigenvalue weighted by molar-refractivity contribution is -0.123.